The highest BCUT2D eigenvalue weighted by molar-refractivity contribution is 5.80. The van der Waals surface area contributed by atoms with Gasteiger partial charge in [-0.2, -0.15) is 0 Å². The van der Waals surface area contributed by atoms with Crippen LogP contribution in [0.5, 0.6) is 0 Å². The second-order valence-corrected chi connectivity index (χ2v) is 4.75. The Kier molecular flexibility index (Phi) is 6.25. The zero-order valence-corrected chi connectivity index (χ0v) is 10.4. The van der Waals surface area contributed by atoms with Crippen LogP contribution >= 0.6 is 0 Å². The molecule has 3 heteroatoms. The summed E-state index contributed by atoms with van der Waals surface area (Å²) in [5, 5.41) is 8.62. The predicted molar refractivity (Wildman–Crippen MR) is 62.9 cm³/mol. The average Bonchev–Trinajstić information content (AvgIpc) is 1.99. The number of rotatable bonds is 6. The Bertz CT molecular complexity index is 232. The van der Waals surface area contributed by atoms with Crippen LogP contribution in [0.1, 0.15) is 34.6 Å². The van der Waals surface area contributed by atoms with Gasteiger partial charge in [-0.3, -0.25) is 4.90 Å². The van der Waals surface area contributed by atoms with E-state index in [2.05, 4.69) is 32.6 Å². The Morgan fingerprint density at radius 3 is 2.20 bits per heavy atom. The second kappa shape index (κ2) is 6.62. The summed E-state index contributed by atoms with van der Waals surface area (Å²) in [6, 6.07) is 0.449. The van der Waals surface area contributed by atoms with Gasteiger partial charge in [0.25, 0.3) is 0 Å². The molecule has 0 amide bonds. The Hall–Kier alpha value is -0.830. The van der Waals surface area contributed by atoms with Crippen LogP contribution in [0, 0.1) is 5.92 Å². The molecule has 0 saturated heterocycles. The van der Waals surface area contributed by atoms with Crippen molar-refractivity contribution in [1.82, 2.24) is 4.90 Å². The second-order valence-electron chi connectivity index (χ2n) is 4.75. The van der Waals surface area contributed by atoms with E-state index >= 15 is 0 Å². The monoisotopic (exact) mass is 213 g/mol. The fraction of sp³-hybridized carbons (Fsp3) is 0.750. The van der Waals surface area contributed by atoms with Gasteiger partial charge in [-0.25, -0.2) is 4.79 Å². The van der Waals surface area contributed by atoms with E-state index in [0.717, 1.165) is 18.7 Å². The molecule has 0 radical (unpaired) electrons. The predicted octanol–water partition coefficient (Wildman–Crippen LogP) is 2.38. The van der Waals surface area contributed by atoms with Crippen LogP contribution in [-0.4, -0.2) is 35.1 Å². The molecule has 0 atom stereocenters. The minimum absolute atomic E-state index is 0.449. The Balaban J connectivity index is 4.34. The van der Waals surface area contributed by atoms with E-state index in [1.807, 2.05) is 6.92 Å². The van der Waals surface area contributed by atoms with Gasteiger partial charge in [0.1, 0.15) is 0 Å². The summed E-state index contributed by atoms with van der Waals surface area (Å²) in [4.78, 5) is 12.8. The van der Waals surface area contributed by atoms with Crippen molar-refractivity contribution < 1.29 is 9.90 Å². The fourth-order valence-electron chi connectivity index (χ4n) is 1.50. The molecule has 0 heterocycles. The van der Waals surface area contributed by atoms with Gasteiger partial charge in [0.15, 0.2) is 0 Å². The van der Waals surface area contributed by atoms with Crippen molar-refractivity contribution in [3.63, 3.8) is 0 Å². The number of aliphatic carboxylic acids is 1. The molecule has 3 nitrogen and oxygen atoms in total. The first-order chi connectivity index (χ1) is 6.82. The van der Waals surface area contributed by atoms with Crippen LogP contribution in [0.4, 0.5) is 0 Å². The molecule has 1 N–H and O–H groups in total. The molecule has 0 aliphatic heterocycles. The van der Waals surface area contributed by atoms with Crippen LogP contribution in [0.15, 0.2) is 11.6 Å². The molecule has 0 fully saturated rings. The standard InChI is InChI=1S/C12H23NO2/c1-9(2)7-13(10(3)4)8-11(5)6-12(14)15/h6,9-10H,7-8H2,1-5H3,(H,14,15). The fourth-order valence-corrected chi connectivity index (χ4v) is 1.50. The molecule has 88 valence electrons. The Morgan fingerprint density at radius 1 is 1.33 bits per heavy atom. The van der Waals surface area contributed by atoms with Gasteiger partial charge in [0.05, 0.1) is 0 Å². The molecule has 0 rings (SSSR count). The number of carbonyl (C=O) groups is 1. The summed E-state index contributed by atoms with van der Waals surface area (Å²) in [5.74, 6) is -0.259. The van der Waals surface area contributed by atoms with E-state index in [0.29, 0.717) is 12.0 Å². The van der Waals surface area contributed by atoms with Crippen LogP contribution in [-0.2, 0) is 4.79 Å². The van der Waals surface area contributed by atoms with E-state index in [9.17, 15) is 4.79 Å². The van der Waals surface area contributed by atoms with Gasteiger partial charge < -0.3 is 5.11 Å². The molecule has 0 bridgehead atoms. The molecular weight excluding hydrogens is 190 g/mol. The minimum Gasteiger partial charge on any atom is -0.478 e. The topological polar surface area (TPSA) is 40.5 Å². The van der Waals surface area contributed by atoms with Gasteiger partial charge in [-0.1, -0.05) is 19.4 Å². The zero-order chi connectivity index (χ0) is 12.0. The third-order valence-electron chi connectivity index (χ3n) is 2.15. The number of nitrogens with zero attached hydrogens (tertiary/aromatic N) is 1. The number of hydrogen-bond donors (Lipinski definition) is 1. The van der Waals surface area contributed by atoms with Crippen LogP contribution in [0.3, 0.4) is 0 Å². The number of carboxylic acid groups (broad SMARTS) is 1. The van der Waals surface area contributed by atoms with Gasteiger partial charge >= 0.3 is 5.97 Å². The number of carboxylic acids is 1. The van der Waals surface area contributed by atoms with E-state index in [1.54, 1.807) is 0 Å². The maximum atomic E-state index is 10.5. The van der Waals surface area contributed by atoms with Crippen molar-refractivity contribution in [3.05, 3.63) is 11.6 Å². The molecule has 0 aromatic rings. The zero-order valence-electron chi connectivity index (χ0n) is 10.4. The van der Waals surface area contributed by atoms with Crippen molar-refractivity contribution in [3.8, 4) is 0 Å². The normalized spacial score (nSPS) is 12.9. The van der Waals surface area contributed by atoms with Gasteiger partial charge in [-0.05, 0) is 26.7 Å². The Labute approximate surface area is 92.8 Å². The van der Waals surface area contributed by atoms with Crippen LogP contribution < -0.4 is 0 Å². The summed E-state index contributed by atoms with van der Waals surface area (Å²) < 4.78 is 0. The molecule has 0 saturated carbocycles. The first-order valence-electron chi connectivity index (χ1n) is 5.47. The van der Waals surface area contributed by atoms with E-state index < -0.39 is 5.97 Å². The molecule has 0 unspecified atom stereocenters. The molecule has 0 spiro atoms. The quantitative estimate of drug-likeness (QED) is 0.689. The van der Waals surface area contributed by atoms with Gasteiger partial charge in [-0.15, -0.1) is 0 Å². The maximum Gasteiger partial charge on any atom is 0.328 e. The lowest BCUT2D eigenvalue weighted by atomic mass is 10.1. The van der Waals surface area contributed by atoms with Crippen molar-refractivity contribution in [2.75, 3.05) is 13.1 Å². The summed E-state index contributed by atoms with van der Waals surface area (Å²) in [7, 11) is 0. The van der Waals surface area contributed by atoms with E-state index in [1.165, 1.54) is 6.08 Å². The highest BCUT2D eigenvalue weighted by atomic mass is 16.4. The maximum absolute atomic E-state index is 10.5. The number of hydrogen-bond acceptors (Lipinski definition) is 2. The molecule has 0 aliphatic rings. The third-order valence-corrected chi connectivity index (χ3v) is 2.15. The van der Waals surface area contributed by atoms with Crippen molar-refractivity contribution in [2.24, 2.45) is 5.92 Å². The highest BCUT2D eigenvalue weighted by Crippen LogP contribution is 2.07. The lowest BCUT2D eigenvalue weighted by molar-refractivity contribution is -0.131. The lowest BCUT2D eigenvalue weighted by Gasteiger charge is -2.28. The van der Waals surface area contributed by atoms with Crippen molar-refractivity contribution >= 4 is 5.97 Å². The van der Waals surface area contributed by atoms with Crippen LogP contribution in [0.25, 0.3) is 0 Å². The minimum atomic E-state index is -0.860. The molecule has 0 aliphatic carbocycles. The van der Waals surface area contributed by atoms with Crippen LogP contribution in [0.2, 0.25) is 0 Å². The summed E-state index contributed by atoms with van der Waals surface area (Å²) in [6.45, 7) is 12.2. The highest BCUT2D eigenvalue weighted by Gasteiger charge is 2.11. The summed E-state index contributed by atoms with van der Waals surface area (Å²) >= 11 is 0. The molecule has 0 aromatic heterocycles. The third kappa shape index (κ3) is 7.14. The average molecular weight is 213 g/mol. The van der Waals surface area contributed by atoms with Crippen molar-refractivity contribution in [2.45, 2.75) is 40.7 Å². The largest absolute Gasteiger partial charge is 0.478 e. The first-order valence-corrected chi connectivity index (χ1v) is 5.47. The first kappa shape index (κ1) is 14.2. The lowest BCUT2D eigenvalue weighted by Crippen LogP contribution is -2.35. The van der Waals surface area contributed by atoms with Gasteiger partial charge in [0, 0.05) is 25.2 Å². The van der Waals surface area contributed by atoms with Gasteiger partial charge in [0.2, 0.25) is 0 Å². The SMILES string of the molecule is CC(=CC(=O)O)CN(CC(C)C)C(C)C. The summed E-state index contributed by atoms with van der Waals surface area (Å²) in [5.41, 5.74) is 0.900. The Morgan fingerprint density at radius 2 is 1.87 bits per heavy atom. The molecule has 0 aromatic carbocycles. The van der Waals surface area contributed by atoms with E-state index in [4.69, 9.17) is 5.11 Å². The molecule has 15 heavy (non-hydrogen) atoms. The smallest absolute Gasteiger partial charge is 0.328 e. The van der Waals surface area contributed by atoms with Crippen molar-refractivity contribution in [1.29, 1.82) is 0 Å². The molecular formula is C12H23NO2. The summed E-state index contributed by atoms with van der Waals surface area (Å²) in [6.07, 6.45) is 1.29. The van der Waals surface area contributed by atoms with E-state index in [-0.39, 0.29) is 0 Å².